The molecule has 0 saturated carbocycles. The van der Waals surface area contributed by atoms with Crippen LogP contribution in [-0.4, -0.2) is 49.1 Å². The summed E-state index contributed by atoms with van der Waals surface area (Å²) < 4.78 is 5.16. The van der Waals surface area contributed by atoms with Gasteiger partial charge in [0.25, 0.3) is 5.91 Å². The van der Waals surface area contributed by atoms with Crippen LogP contribution in [0.2, 0.25) is 5.02 Å². The molecule has 0 aliphatic carbocycles. The number of nitrogens with zero attached hydrogens (tertiary/aromatic N) is 3. The maximum absolute atomic E-state index is 12.7. The topological polar surface area (TPSA) is 45.7 Å². The molecule has 1 aliphatic rings. The van der Waals surface area contributed by atoms with Gasteiger partial charge in [-0.15, -0.1) is 0 Å². The minimum atomic E-state index is 0.0590. The smallest absolute Gasteiger partial charge is 0.253 e. The van der Waals surface area contributed by atoms with Crippen LogP contribution in [0.5, 0.6) is 5.75 Å². The van der Waals surface area contributed by atoms with Crippen molar-refractivity contribution in [2.75, 3.05) is 38.2 Å². The van der Waals surface area contributed by atoms with E-state index in [2.05, 4.69) is 9.88 Å². The maximum Gasteiger partial charge on any atom is 0.253 e. The van der Waals surface area contributed by atoms with E-state index >= 15 is 0 Å². The van der Waals surface area contributed by atoms with Crippen molar-refractivity contribution in [3.05, 3.63) is 65.3 Å². The molecule has 1 amide bonds. The first-order valence-corrected chi connectivity index (χ1v) is 9.26. The van der Waals surface area contributed by atoms with Gasteiger partial charge < -0.3 is 14.5 Å². The number of benzene rings is 2. The number of halogens is 1. The standard InChI is InChI=1S/C21H20ClN3O2/c1-27-17-5-2-15(3-6-17)21(26)25-12-10-24(11-13-25)20-8-9-23-19-14-16(22)4-7-18(19)20/h2-9,14H,10-13H2,1H3. The van der Waals surface area contributed by atoms with Crippen molar-refractivity contribution in [1.29, 1.82) is 0 Å². The lowest BCUT2D eigenvalue weighted by Gasteiger charge is -2.36. The lowest BCUT2D eigenvalue weighted by atomic mass is 10.1. The second-order valence-corrected chi connectivity index (χ2v) is 6.94. The number of methoxy groups -OCH3 is 1. The van der Waals surface area contributed by atoms with Gasteiger partial charge in [0.1, 0.15) is 5.75 Å². The van der Waals surface area contributed by atoms with Crippen molar-refractivity contribution in [1.82, 2.24) is 9.88 Å². The summed E-state index contributed by atoms with van der Waals surface area (Å²) in [6.07, 6.45) is 1.81. The van der Waals surface area contributed by atoms with Crippen LogP contribution in [0.15, 0.2) is 54.7 Å². The fourth-order valence-corrected chi connectivity index (χ4v) is 3.61. The molecule has 5 nitrogen and oxygen atoms in total. The highest BCUT2D eigenvalue weighted by molar-refractivity contribution is 6.31. The molecule has 1 saturated heterocycles. The first-order chi connectivity index (χ1) is 13.2. The Labute approximate surface area is 163 Å². The van der Waals surface area contributed by atoms with Crippen molar-refractivity contribution in [2.45, 2.75) is 0 Å². The zero-order valence-electron chi connectivity index (χ0n) is 15.1. The number of amides is 1. The number of fused-ring (bicyclic) bond motifs is 1. The van der Waals surface area contributed by atoms with E-state index in [9.17, 15) is 4.79 Å². The van der Waals surface area contributed by atoms with Crippen LogP contribution in [0.25, 0.3) is 10.9 Å². The van der Waals surface area contributed by atoms with Gasteiger partial charge in [-0.3, -0.25) is 9.78 Å². The molecule has 1 aromatic heterocycles. The molecule has 0 bridgehead atoms. The minimum absolute atomic E-state index is 0.0590. The lowest BCUT2D eigenvalue weighted by molar-refractivity contribution is 0.0747. The Morgan fingerprint density at radius 1 is 1.04 bits per heavy atom. The van der Waals surface area contributed by atoms with Crippen LogP contribution in [0.1, 0.15) is 10.4 Å². The van der Waals surface area contributed by atoms with E-state index in [0.29, 0.717) is 23.7 Å². The molecule has 1 fully saturated rings. The van der Waals surface area contributed by atoms with Gasteiger partial charge in [0.15, 0.2) is 0 Å². The molecule has 0 radical (unpaired) electrons. The molecular formula is C21H20ClN3O2. The van der Waals surface area contributed by atoms with E-state index in [1.165, 1.54) is 0 Å². The fraction of sp³-hybridized carbons (Fsp3) is 0.238. The third kappa shape index (κ3) is 3.55. The minimum Gasteiger partial charge on any atom is -0.497 e. The molecule has 0 atom stereocenters. The number of anilines is 1. The van der Waals surface area contributed by atoms with Crippen molar-refractivity contribution >= 4 is 34.1 Å². The summed E-state index contributed by atoms with van der Waals surface area (Å²) in [5.74, 6) is 0.810. The summed E-state index contributed by atoms with van der Waals surface area (Å²) in [6, 6.07) is 15.1. The van der Waals surface area contributed by atoms with Gasteiger partial charge in [0.2, 0.25) is 0 Å². The Morgan fingerprint density at radius 2 is 1.78 bits per heavy atom. The molecule has 138 valence electrons. The maximum atomic E-state index is 12.7. The summed E-state index contributed by atoms with van der Waals surface area (Å²) in [4.78, 5) is 21.3. The Bertz CT molecular complexity index is 967. The van der Waals surface area contributed by atoms with Gasteiger partial charge in [-0.05, 0) is 48.5 Å². The predicted molar refractivity (Wildman–Crippen MR) is 108 cm³/mol. The van der Waals surface area contributed by atoms with Crippen LogP contribution in [0, 0.1) is 0 Å². The molecule has 2 heterocycles. The second-order valence-electron chi connectivity index (χ2n) is 6.50. The largest absolute Gasteiger partial charge is 0.497 e. The first kappa shape index (κ1) is 17.6. The molecule has 1 aliphatic heterocycles. The monoisotopic (exact) mass is 381 g/mol. The quantitative estimate of drug-likeness (QED) is 0.691. The summed E-state index contributed by atoms with van der Waals surface area (Å²) in [5.41, 5.74) is 2.71. The molecule has 0 spiro atoms. The number of aromatic nitrogens is 1. The van der Waals surface area contributed by atoms with Gasteiger partial charge in [0, 0.05) is 54.0 Å². The van der Waals surface area contributed by atoms with Crippen molar-refractivity contribution in [3.8, 4) is 5.75 Å². The summed E-state index contributed by atoms with van der Waals surface area (Å²) in [5, 5.41) is 1.76. The molecule has 3 aromatic rings. The molecule has 2 aromatic carbocycles. The summed E-state index contributed by atoms with van der Waals surface area (Å²) in [7, 11) is 1.62. The van der Waals surface area contributed by atoms with Gasteiger partial charge in [0.05, 0.1) is 12.6 Å². The number of pyridine rings is 1. The fourth-order valence-electron chi connectivity index (χ4n) is 3.45. The molecule has 4 rings (SSSR count). The molecular weight excluding hydrogens is 362 g/mol. The Balaban J connectivity index is 1.48. The van der Waals surface area contributed by atoms with E-state index in [-0.39, 0.29) is 5.91 Å². The third-order valence-corrected chi connectivity index (χ3v) is 5.16. The Hall–Kier alpha value is -2.79. The lowest BCUT2D eigenvalue weighted by Crippen LogP contribution is -2.48. The molecule has 27 heavy (non-hydrogen) atoms. The van der Waals surface area contributed by atoms with Gasteiger partial charge in [-0.1, -0.05) is 11.6 Å². The van der Waals surface area contributed by atoms with Crippen LogP contribution in [0.3, 0.4) is 0 Å². The number of carbonyl (C=O) groups is 1. The second kappa shape index (κ2) is 7.45. The molecule has 0 unspecified atom stereocenters. The number of rotatable bonds is 3. The number of carbonyl (C=O) groups excluding carboxylic acids is 1. The van der Waals surface area contributed by atoms with Gasteiger partial charge in [-0.25, -0.2) is 0 Å². The van der Waals surface area contributed by atoms with E-state index in [0.717, 1.165) is 35.4 Å². The average Bonchev–Trinajstić information content (AvgIpc) is 2.73. The van der Waals surface area contributed by atoms with E-state index in [1.807, 2.05) is 59.6 Å². The highest BCUT2D eigenvalue weighted by atomic mass is 35.5. The van der Waals surface area contributed by atoms with Crippen LogP contribution in [0.4, 0.5) is 5.69 Å². The highest BCUT2D eigenvalue weighted by Crippen LogP contribution is 2.28. The van der Waals surface area contributed by atoms with E-state index in [4.69, 9.17) is 16.3 Å². The molecule has 6 heteroatoms. The van der Waals surface area contributed by atoms with Crippen molar-refractivity contribution in [3.63, 3.8) is 0 Å². The number of ether oxygens (including phenoxy) is 1. The van der Waals surface area contributed by atoms with Crippen LogP contribution < -0.4 is 9.64 Å². The van der Waals surface area contributed by atoms with Gasteiger partial charge in [-0.2, -0.15) is 0 Å². The number of hydrogen-bond donors (Lipinski definition) is 0. The average molecular weight is 382 g/mol. The van der Waals surface area contributed by atoms with Crippen molar-refractivity contribution < 1.29 is 9.53 Å². The SMILES string of the molecule is COc1ccc(C(=O)N2CCN(c3ccnc4cc(Cl)ccc34)CC2)cc1. The number of hydrogen-bond acceptors (Lipinski definition) is 4. The van der Waals surface area contributed by atoms with E-state index in [1.54, 1.807) is 7.11 Å². The molecule has 0 N–H and O–H groups in total. The highest BCUT2D eigenvalue weighted by Gasteiger charge is 2.23. The van der Waals surface area contributed by atoms with Crippen LogP contribution in [-0.2, 0) is 0 Å². The third-order valence-electron chi connectivity index (χ3n) is 4.93. The van der Waals surface area contributed by atoms with Crippen molar-refractivity contribution in [2.24, 2.45) is 0 Å². The van der Waals surface area contributed by atoms with Gasteiger partial charge >= 0.3 is 0 Å². The first-order valence-electron chi connectivity index (χ1n) is 8.88. The summed E-state index contributed by atoms with van der Waals surface area (Å²) in [6.45, 7) is 2.93. The van der Waals surface area contributed by atoms with Crippen LogP contribution >= 0.6 is 11.6 Å². The Morgan fingerprint density at radius 3 is 2.48 bits per heavy atom. The Kier molecular flexibility index (Phi) is 4.86. The number of piperazine rings is 1. The normalized spacial score (nSPS) is 14.4. The zero-order chi connectivity index (χ0) is 18.8. The zero-order valence-corrected chi connectivity index (χ0v) is 15.8. The van der Waals surface area contributed by atoms with E-state index < -0.39 is 0 Å². The predicted octanol–water partition coefficient (Wildman–Crippen LogP) is 3.86. The summed E-state index contributed by atoms with van der Waals surface area (Å²) >= 11 is 6.08.